The Morgan fingerprint density at radius 1 is 1.23 bits per heavy atom. The van der Waals surface area contributed by atoms with Crippen LogP contribution in [0.2, 0.25) is 0 Å². The molecule has 1 aromatic heterocycles. The molecule has 9 heteroatoms. The van der Waals surface area contributed by atoms with Gasteiger partial charge in [0, 0.05) is 51.8 Å². The second-order valence-corrected chi connectivity index (χ2v) is 7.00. The van der Waals surface area contributed by atoms with E-state index in [2.05, 4.69) is 20.7 Å². The number of aromatic nitrogens is 2. The Hall–Kier alpha value is -2.17. The Morgan fingerprint density at radius 2 is 2.03 bits per heavy atom. The smallest absolute Gasteiger partial charge is 0.222 e. The van der Waals surface area contributed by atoms with Gasteiger partial charge in [-0.25, -0.2) is 9.07 Å². The third kappa shape index (κ3) is 7.26. The molecule has 2 heterocycles. The van der Waals surface area contributed by atoms with Gasteiger partial charge in [0.1, 0.15) is 5.82 Å². The normalized spacial score (nSPS) is 14.0. The molecule has 0 saturated carbocycles. The summed E-state index contributed by atoms with van der Waals surface area (Å²) in [6.45, 7) is 5.86. The monoisotopic (exact) mass is 528 g/mol. The molecule has 1 aromatic carbocycles. The van der Waals surface area contributed by atoms with Crippen LogP contribution in [0.5, 0.6) is 0 Å². The summed E-state index contributed by atoms with van der Waals surface area (Å²) in [6.07, 6.45) is 5.15. The Labute approximate surface area is 194 Å². The van der Waals surface area contributed by atoms with Crippen molar-refractivity contribution >= 4 is 35.8 Å². The number of aliphatic imine (C=N–C) groups is 1. The molecule has 0 bridgehead atoms. The highest BCUT2D eigenvalue weighted by atomic mass is 127. The molecular formula is C21H30FIN6O. The van der Waals surface area contributed by atoms with Gasteiger partial charge in [0.15, 0.2) is 5.96 Å². The molecule has 1 aliphatic heterocycles. The summed E-state index contributed by atoms with van der Waals surface area (Å²) in [5.74, 6) is 0.782. The van der Waals surface area contributed by atoms with Crippen LogP contribution >= 0.6 is 24.0 Å². The van der Waals surface area contributed by atoms with Crippen molar-refractivity contribution < 1.29 is 9.18 Å². The van der Waals surface area contributed by atoms with Crippen molar-refractivity contribution in [3.63, 3.8) is 0 Å². The van der Waals surface area contributed by atoms with E-state index in [4.69, 9.17) is 0 Å². The van der Waals surface area contributed by atoms with Crippen LogP contribution in [0.15, 0.2) is 41.5 Å². The van der Waals surface area contributed by atoms with Crippen LogP contribution in [-0.4, -0.2) is 59.3 Å². The maximum atomic E-state index is 13.0. The number of hydrogen-bond donors (Lipinski definition) is 2. The molecule has 7 nitrogen and oxygen atoms in total. The molecular weight excluding hydrogens is 498 g/mol. The number of halogens is 2. The van der Waals surface area contributed by atoms with E-state index in [9.17, 15) is 9.18 Å². The standard InChI is InChI=1S/C21H29FN6O.HI/c1-2-23-21(24-12-4-15-27-14-3-5-20(27)29)25-13-10-18-11-16-28(26-18)19-8-6-17(22)7-9-19;/h6-9,11,16H,2-5,10,12-15H2,1H3,(H2,23,24,25);1H. The molecule has 1 amide bonds. The Bertz CT molecular complexity index is 823. The number of guanidine groups is 1. The molecule has 0 radical (unpaired) electrons. The Morgan fingerprint density at radius 3 is 2.73 bits per heavy atom. The molecule has 3 rings (SSSR count). The molecule has 2 N–H and O–H groups in total. The fourth-order valence-electron chi connectivity index (χ4n) is 3.28. The van der Waals surface area contributed by atoms with E-state index < -0.39 is 0 Å². The van der Waals surface area contributed by atoms with Crippen molar-refractivity contribution in [3.05, 3.63) is 48.0 Å². The van der Waals surface area contributed by atoms with Crippen LogP contribution in [0.4, 0.5) is 4.39 Å². The van der Waals surface area contributed by atoms with E-state index in [1.54, 1.807) is 16.8 Å². The highest BCUT2D eigenvalue weighted by Gasteiger charge is 2.18. The summed E-state index contributed by atoms with van der Waals surface area (Å²) in [7, 11) is 0. The fraction of sp³-hybridized carbons (Fsp3) is 0.476. The quantitative estimate of drug-likeness (QED) is 0.227. The second-order valence-electron chi connectivity index (χ2n) is 7.00. The summed E-state index contributed by atoms with van der Waals surface area (Å²) >= 11 is 0. The topological polar surface area (TPSA) is 74.6 Å². The Kier molecular flexibility index (Phi) is 10.0. The number of rotatable bonds is 9. The first-order valence-electron chi connectivity index (χ1n) is 10.3. The zero-order valence-electron chi connectivity index (χ0n) is 17.3. The number of carbonyl (C=O) groups excluding carboxylic acids is 1. The van der Waals surface area contributed by atoms with E-state index in [-0.39, 0.29) is 35.7 Å². The van der Waals surface area contributed by atoms with Gasteiger partial charge in [-0.3, -0.25) is 9.79 Å². The van der Waals surface area contributed by atoms with Gasteiger partial charge in [0.25, 0.3) is 0 Å². The molecule has 0 atom stereocenters. The molecule has 1 fully saturated rings. The zero-order valence-corrected chi connectivity index (χ0v) is 19.6. The second kappa shape index (κ2) is 12.5. The van der Waals surface area contributed by atoms with Crippen LogP contribution in [-0.2, 0) is 11.2 Å². The minimum atomic E-state index is -0.257. The average Bonchev–Trinajstić information content (AvgIpc) is 3.35. The van der Waals surface area contributed by atoms with Crippen molar-refractivity contribution in [3.8, 4) is 5.69 Å². The highest BCUT2D eigenvalue weighted by molar-refractivity contribution is 14.0. The number of benzene rings is 1. The van der Waals surface area contributed by atoms with Gasteiger partial charge >= 0.3 is 0 Å². The fourth-order valence-corrected chi connectivity index (χ4v) is 3.28. The summed E-state index contributed by atoms with van der Waals surface area (Å²) in [5.41, 5.74) is 1.78. The molecule has 1 saturated heterocycles. The largest absolute Gasteiger partial charge is 0.357 e. The summed E-state index contributed by atoms with van der Waals surface area (Å²) in [4.78, 5) is 18.1. The number of likely N-dealkylation sites (tertiary alicyclic amines) is 1. The SMILES string of the molecule is CCNC(=NCCCN1CCCC1=O)NCCc1ccn(-c2ccc(F)cc2)n1.I. The minimum Gasteiger partial charge on any atom is -0.357 e. The third-order valence-electron chi connectivity index (χ3n) is 4.78. The molecule has 2 aromatic rings. The van der Waals surface area contributed by atoms with Crippen molar-refractivity contribution in [2.75, 3.05) is 32.7 Å². The van der Waals surface area contributed by atoms with E-state index in [1.165, 1.54) is 12.1 Å². The lowest BCUT2D eigenvalue weighted by Gasteiger charge is -2.15. The maximum Gasteiger partial charge on any atom is 0.222 e. The van der Waals surface area contributed by atoms with Crippen molar-refractivity contribution in [1.82, 2.24) is 25.3 Å². The van der Waals surface area contributed by atoms with Gasteiger partial charge in [-0.2, -0.15) is 5.10 Å². The predicted molar refractivity (Wildman–Crippen MR) is 127 cm³/mol. The van der Waals surface area contributed by atoms with E-state index in [0.717, 1.165) is 56.2 Å². The van der Waals surface area contributed by atoms with Gasteiger partial charge in [-0.15, -0.1) is 24.0 Å². The van der Waals surface area contributed by atoms with Crippen LogP contribution in [0.1, 0.15) is 31.9 Å². The molecule has 0 unspecified atom stereocenters. The van der Waals surface area contributed by atoms with Crippen LogP contribution in [0.3, 0.4) is 0 Å². The highest BCUT2D eigenvalue weighted by Crippen LogP contribution is 2.10. The maximum absolute atomic E-state index is 13.0. The van der Waals surface area contributed by atoms with Crippen LogP contribution in [0, 0.1) is 5.82 Å². The molecule has 0 spiro atoms. The summed E-state index contributed by atoms with van der Waals surface area (Å²) in [6, 6.07) is 8.22. The van der Waals surface area contributed by atoms with E-state index in [0.29, 0.717) is 19.5 Å². The van der Waals surface area contributed by atoms with Crippen molar-refractivity contribution in [1.29, 1.82) is 0 Å². The average molecular weight is 528 g/mol. The lowest BCUT2D eigenvalue weighted by atomic mass is 10.3. The van der Waals surface area contributed by atoms with E-state index in [1.807, 2.05) is 24.1 Å². The van der Waals surface area contributed by atoms with Gasteiger partial charge in [0.05, 0.1) is 11.4 Å². The third-order valence-corrected chi connectivity index (χ3v) is 4.78. The van der Waals surface area contributed by atoms with Crippen molar-refractivity contribution in [2.45, 2.75) is 32.6 Å². The first kappa shape index (κ1) is 24.1. The van der Waals surface area contributed by atoms with E-state index >= 15 is 0 Å². The van der Waals surface area contributed by atoms with Gasteiger partial charge < -0.3 is 15.5 Å². The molecule has 0 aliphatic carbocycles. The summed E-state index contributed by atoms with van der Waals surface area (Å²) < 4.78 is 14.8. The van der Waals surface area contributed by atoms with Crippen LogP contribution in [0.25, 0.3) is 5.69 Å². The molecule has 164 valence electrons. The van der Waals surface area contributed by atoms with Crippen LogP contribution < -0.4 is 10.6 Å². The first-order valence-corrected chi connectivity index (χ1v) is 10.3. The number of nitrogens with one attached hydrogen (secondary N) is 2. The van der Waals surface area contributed by atoms with Crippen molar-refractivity contribution in [2.24, 2.45) is 4.99 Å². The molecule has 1 aliphatic rings. The predicted octanol–water partition coefficient (Wildman–Crippen LogP) is 2.74. The lowest BCUT2D eigenvalue weighted by Crippen LogP contribution is -2.38. The summed E-state index contributed by atoms with van der Waals surface area (Å²) in [5, 5.41) is 11.1. The minimum absolute atomic E-state index is 0. The zero-order chi connectivity index (χ0) is 20.5. The molecule has 30 heavy (non-hydrogen) atoms. The number of amides is 1. The van der Waals surface area contributed by atoms with Gasteiger partial charge in [-0.1, -0.05) is 0 Å². The number of hydrogen-bond acceptors (Lipinski definition) is 3. The number of carbonyl (C=O) groups is 1. The lowest BCUT2D eigenvalue weighted by molar-refractivity contribution is -0.127. The number of nitrogens with zero attached hydrogens (tertiary/aromatic N) is 4. The first-order chi connectivity index (χ1) is 14.2. The van der Waals surface area contributed by atoms with Gasteiger partial charge in [0.2, 0.25) is 5.91 Å². The Balaban J connectivity index is 0.00000320. The van der Waals surface area contributed by atoms with Gasteiger partial charge in [-0.05, 0) is 50.1 Å².